The van der Waals surface area contributed by atoms with Crippen LogP contribution in [0.4, 0.5) is 4.79 Å². The van der Waals surface area contributed by atoms with E-state index in [0.717, 1.165) is 4.90 Å². The number of hydrogen-bond acceptors (Lipinski definition) is 4. The molecular formula is C13H23NO6. The molecule has 0 radical (unpaired) electrons. The van der Waals surface area contributed by atoms with Gasteiger partial charge < -0.3 is 14.9 Å². The highest BCUT2D eigenvalue weighted by molar-refractivity contribution is 5.89. The summed E-state index contributed by atoms with van der Waals surface area (Å²) in [7, 11) is 0. The number of carbonyl (C=O) groups excluding carboxylic acids is 1. The molecule has 0 unspecified atom stereocenters. The molecule has 1 atom stereocenters. The molecule has 0 fully saturated rings. The van der Waals surface area contributed by atoms with Gasteiger partial charge in [-0.3, -0.25) is 9.69 Å². The molecular weight excluding hydrogens is 266 g/mol. The summed E-state index contributed by atoms with van der Waals surface area (Å²) in [5.41, 5.74) is -2.59. The van der Waals surface area contributed by atoms with Crippen LogP contribution in [-0.4, -0.2) is 50.8 Å². The topological polar surface area (TPSA) is 104 Å². The van der Waals surface area contributed by atoms with Crippen LogP contribution in [0.25, 0.3) is 0 Å². The third kappa shape index (κ3) is 4.40. The van der Waals surface area contributed by atoms with Gasteiger partial charge in [0.1, 0.15) is 5.60 Å². The molecule has 7 nitrogen and oxygen atoms in total. The molecule has 0 saturated heterocycles. The zero-order valence-corrected chi connectivity index (χ0v) is 12.6. The van der Waals surface area contributed by atoms with Crippen LogP contribution in [0.2, 0.25) is 0 Å². The van der Waals surface area contributed by atoms with Crippen molar-refractivity contribution in [1.82, 2.24) is 4.90 Å². The fraction of sp³-hybridized carbons (Fsp3) is 0.769. The molecule has 1 amide bonds. The Bertz CT molecular complexity index is 387. The highest BCUT2D eigenvalue weighted by atomic mass is 16.6. The van der Waals surface area contributed by atoms with Crippen molar-refractivity contribution in [2.45, 2.75) is 58.6 Å². The lowest BCUT2D eigenvalue weighted by Gasteiger charge is -2.39. The van der Waals surface area contributed by atoms with E-state index in [9.17, 15) is 19.5 Å². The Labute approximate surface area is 118 Å². The highest BCUT2D eigenvalue weighted by Crippen LogP contribution is 2.27. The van der Waals surface area contributed by atoms with Gasteiger partial charge in [0.05, 0.1) is 6.42 Å². The molecule has 7 heteroatoms. The molecule has 0 aromatic carbocycles. The number of carbonyl (C=O) groups is 3. The third-order valence-corrected chi connectivity index (χ3v) is 2.87. The van der Waals surface area contributed by atoms with Crippen molar-refractivity contribution in [3.63, 3.8) is 0 Å². The number of ether oxygens (including phenoxy) is 1. The Kier molecular flexibility index (Phi) is 5.99. The first-order chi connectivity index (χ1) is 9.00. The summed E-state index contributed by atoms with van der Waals surface area (Å²) in [6.07, 6.45) is -1.53. The van der Waals surface area contributed by atoms with Crippen LogP contribution in [0, 0.1) is 0 Å². The summed E-state index contributed by atoms with van der Waals surface area (Å²) in [6.45, 7) is 8.13. The minimum atomic E-state index is -1.80. The molecule has 0 aliphatic heterocycles. The molecule has 0 aliphatic carbocycles. The van der Waals surface area contributed by atoms with Crippen molar-refractivity contribution >= 4 is 18.0 Å². The van der Waals surface area contributed by atoms with Gasteiger partial charge in [0.25, 0.3) is 0 Å². The summed E-state index contributed by atoms with van der Waals surface area (Å²) < 4.78 is 5.16. The number of carboxylic acid groups (broad SMARTS) is 2. The third-order valence-electron chi connectivity index (χ3n) is 2.87. The summed E-state index contributed by atoms with van der Waals surface area (Å²) >= 11 is 0. The first-order valence-electron chi connectivity index (χ1n) is 6.46. The van der Waals surface area contributed by atoms with E-state index in [2.05, 4.69) is 0 Å². The van der Waals surface area contributed by atoms with Crippen molar-refractivity contribution < 1.29 is 29.3 Å². The number of carboxylic acids is 2. The van der Waals surface area contributed by atoms with Gasteiger partial charge >= 0.3 is 18.0 Å². The summed E-state index contributed by atoms with van der Waals surface area (Å²) in [6, 6.07) is 0. The van der Waals surface area contributed by atoms with Gasteiger partial charge in [0.2, 0.25) is 0 Å². The maximum Gasteiger partial charge on any atom is 0.411 e. The zero-order chi connectivity index (χ0) is 16.1. The van der Waals surface area contributed by atoms with Gasteiger partial charge in [0.15, 0.2) is 5.54 Å². The lowest BCUT2D eigenvalue weighted by molar-refractivity contribution is -0.158. The van der Waals surface area contributed by atoms with Crippen LogP contribution in [-0.2, 0) is 14.3 Å². The number of hydrogen-bond donors (Lipinski definition) is 2. The Morgan fingerprint density at radius 1 is 1.10 bits per heavy atom. The van der Waals surface area contributed by atoms with Crippen LogP contribution in [0.1, 0.15) is 47.5 Å². The van der Waals surface area contributed by atoms with Gasteiger partial charge in [-0.15, -0.1) is 0 Å². The second kappa shape index (κ2) is 6.58. The van der Waals surface area contributed by atoms with Crippen LogP contribution in [0.5, 0.6) is 0 Å². The van der Waals surface area contributed by atoms with E-state index in [0.29, 0.717) is 0 Å². The lowest BCUT2D eigenvalue weighted by Crippen LogP contribution is -2.58. The number of nitrogens with zero attached hydrogens (tertiary/aromatic N) is 1. The summed E-state index contributed by atoms with van der Waals surface area (Å²) in [5.74, 6) is -2.63. The van der Waals surface area contributed by atoms with E-state index in [1.165, 1.54) is 6.92 Å². The van der Waals surface area contributed by atoms with Crippen LogP contribution in [0.3, 0.4) is 0 Å². The first-order valence-corrected chi connectivity index (χ1v) is 6.46. The molecule has 2 N–H and O–H groups in total. The van der Waals surface area contributed by atoms with Gasteiger partial charge in [0, 0.05) is 6.54 Å². The summed E-state index contributed by atoms with van der Waals surface area (Å²) in [4.78, 5) is 35.6. The standard InChI is InChI=1S/C13H23NO6/c1-6-13(10(17)18,8-9(15)16)14(7-2)11(19)20-12(3,4)5/h6-8H2,1-5H3,(H,15,16)(H,17,18)/t13-/m0/s1. The summed E-state index contributed by atoms with van der Waals surface area (Å²) in [5, 5.41) is 18.4. The predicted octanol–water partition coefficient (Wildman–Crippen LogP) is 1.95. The van der Waals surface area contributed by atoms with Crippen molar-refractivity contribution in [2.75, 3.05) is 6.54 Å². The Morgan fingerprint density at radius 2 is 1.60 bits per heavy atom. The van der Waals surface area contributed by atoms with Gasteiger partial charge in [-0.2, -0.15) is 0 Å². The van der Waals surface area contributed by atoms with E-state index < -0.39 is 35.6 Å². The van der Waals surface area contributed by atoms with Crippen molar-refractivity contribution in [2.24, 2.45) is 0 Å². The molecule has 0 aliphatic rings. The Morgan fingerprint density at radius 3 is 1.85 bits per heavy atom. The van der Waals surface area contributed by atoms with E-state index in [-0.39, 0.29) is 13.0 Å². The van der Waals surface area contributed by atoms with E-state index in [4.69, 9.17) is 9.84 Å². The van der Waals surface area contributed by atoms with Gasteiger partial charge in [-0.05, 0) is 34.1 Å². The molecule has 0 rings (SSSR count). The minimum absolute atomic E-state index is 0.0261. The van der Waals surface area contributed by atoms with E-state index in [1.807, 2.05) is 0 Å². The number of likely N-dealkylation sites (N-methyl/N-ethyl adjacent to an activating group) is 1. The second-order valence-electron chi connectivity index (χ2n) is 5.49. The average Bonchev–Trinajstić information content (AvgIpc) is 2.24. The van der Waals surface area contributed by atoms with E-state index >= 15 is 0 Å². The second-order valence-corrected chi connectivity index (χ2v) is 5.49. The van der Waals surface area contributed by atoms with Crippen LogP contribution < -0.4 is 0 Å². The van der Waals surface area contributed by atoms with Gasteiger partial charge in [-0.25, -0.2) is 9.59 Å². The van der Waals surface area contributed by atoms with E-state index in [1.54, 1.807) is 27.7 Å². The smallest absolute Gasteiger partial charge is 0.411 e. The highest BCUT2D eigenvalue weighted by Gasteiger charge is 2.47. The SMILES string of the molecule is CCN(C(=O)OC(C)(C)C)[C@@](CC)(CC(=O)O)C(=O)O. The fourth-order valence-electron chi connectivity index (χ4n) is 1.93. The number of aliphatic carboxylic acids is 2. The molecule has 0 aromatic rings. The molecule has 0 bridgehead atoms. The quantitative estimate of drug-likeness (QED) is 0.774. The van der Waals surface area contributed by atoms with Crippen molar-refractivity contribution in [3.05, 3.63) is 0 Å². The minimum Gasteiger partial charge on any atom is -0.481 e. The molecule has 0 heterocycles. The van der Waals surface area contributed by atoms with Crippen LogP contribution in [0.15, 0.2) is 0 Å². The monoisotopic (exact) mass is 289 g/mol. The predicted molar refractivity (Wildman–Crippen MR) is 71.5 cm³/mol. The number of amides is 1. The zero-order valence-electron chi connectivity index (χ0n) is 12.6. The average molecular weight is 289 g/mol. The first kappa shape index (κ1) is 18.2. The lowest BCUT2D eigenvalue weighted by atomic mass is 9.90. The maximum atomic E-state index is 12.1. The largest absolute Gasteiger partial charge is 0.481 e. The van der Waals surface area contributed by atoms with Crippen molar-refractivity contribution in [1.29, 1.82) is 0 Å². The molecule has 0 spiro atoms. The van der Waals surface area contributed by atoms with Crippen molar-refractivity contribution in [3.8, 4) is 0 Å². The molecule has 0 saturated carbocycles. The Hall–Kier alpha value is -1.79. The maximum absolute atomic E-state index is 12.1. The Balaban J connectivity index is 5.55. The normalized spacial score (nSPS) is 14.2. The molecule has 20 heavy (non-hydrogen) atoms. The number of rotatable bonds is 6. The molecule has 116 valence electrons. The van der Waals surface area contributed by atoms with Gasteiger partial charge in [-0.1, -0.05) is 6.92 Å². The fourth-order valence-corrected chi connectivity index (χ4v) is 1.93. The van der Waals surface area contributed by atoms with Crippen LogP contribution >= 0.6 is 0 Å². The molecule has 0 aromatic heterocycles.